The quantitative estimate of drug-likeness (QED) is 0.0594. The summed E-state index contributed by atoms with van der Waals surface area (Å²) in [6.45, 7) is 35.5. The van der Waals surface area contributed by atoms with Crippen molar-refractivity contribution >= 4 is 11.9 Å². The molecule has 7 aliphatic heterocycles. The molecule has 17 nitrogen and oxygen atoms in total. The summed E-state index contributed by atoms with van der Waals surface area (Å²) in [4.78, 5) is 25.9. The normalized spacial score (nSPS) is 38.6. The third-order valence-corrected chi connectivity index (χ3v) is 22.6. The molecule has 0 aromatic heterocycles. The van der Waals surface area contributed by atoms with Gasteiger partial charge in [-0.1, -0.05) is 143 Å². The van der Waals surface area contributed by atoms with E-state index in [1.165, 1.54) is 63.9 Å². The van der Waals surface area contributed by atoms with Gasteiger partial charge in [0.05, 0.1) is 49.3 Å². The van der Waals surface area contributed by atoms with Crippen molar-refractivity contribution in [3.8, 4) is 11.5 Å². The van der Waals surface area contributed by atoms with Gasteiger partial charge in [0.1, 0.15) is 59.1 Å². The van der Waals surface area contributed by atoms with Gasteiger partial charge in [0, 0.05) is 64.2 Å². The van der Waals surface area contributed by atoms with E-state index in [0.29, 0.717) is 43.3 Å². The largest absolute Gasteiger partial charge is 0.487 e. The zero-order valence-electron chi connectivity index (χ0n) is 62.0. The fraction of sp³-hybridized carbons (Fsp3) is 0.772. The van der Waals surface area contributed by atoms with E-state index in [-0.39, 0.29) is 54.2 Å². The number of methoxy groups -OCH3 is 2. The molecular formula is C79H124O17. The van der Waals surface area contributed by atoms with E-state index in [9.17, 15) is 24.9 Å². The van der Waals surface area contributed by atoms with E-state index in [0.717, 1.165) is 77.2 Å². The van der Waals surface area contributed by atoms with Crippen LogP contribution in [0.3, 0.4) is 0 Å². The highest BCUT2D eigenvalue weighted by atomic mass is 16.7. The molecule has 96 heavy (non-hydrogen) atoms. The predicted molar refractivity (Wildman–Crippen MR) is 371 cm³/mol. The SMILES string of the molecule is CC(=O)Oc1c(C)c(C)c2c(c1C)CCC(C)(CCCC(C)CCCC(C)CCCC(C)C)O2.CCC(C)[C@H]1O[C@]2(C=C[C@@H]1C)C[C@@H]1C[C@@H](C/C=C(\C)[C@@H](O[C@H]3C[C@H](OC)[C@@H](O[C@H]4C[C@H](OC)[C@@H](O)[C@H](C)O4)[C@H](C)O3)[C@@H](C)/C=C/C=C3\CO[C@@H]4[C@H](O)C(C)=C[C@@H](C(=O)O1)[C@]34O)O2. The van der Waals surface area contributed by atoms with Gasteiger partial charge in [-0.05, 0) is 151 Å². The lowest BCUT2D eigenvalue weighted by atomic mass is 9.71. The van der Waals surface area contributed by atoms with Gasteiger partial charge in [-0.25, -0.2) is 0 Å². The topological polar surface area (TPSA) is 206 Å². The van der Waals surface area contributed by atoms with Gasteiger partial charge in [0.2, 0.25) is 0 Å². The average Bonchev–Trinajstić information content (AvgIpc) is 1.48. The third-order valence-electron chi connectivity index (χ3n) is 22.6. The van der Waals surface area contributed by atoms with Crippen LogP contribution in [0.2, 0.25) is 0 Å². The van der Waals surface area contributed by atoms with Crippen LogP contribution in [0, 0.1) is 62.2 Å². The Labute approximate surface area is 576 Å². The number of carbonyl (C=O) groups is 2. The summed E-state index contributed by atoms with van der Waals surface area (Å²) in [7, 11) is 3.22. The minimum absolute atomic E-state index is 0.0317. The Balaban J connectivity index is 0.000000293. The van der Waals surface area contributed by atoms with Crippen LogP contribution in [0.1, 0.15) is 222 Å². The van der Waals surface area contributed by atoms with Crippen molar-refractivity contribution in [2.45, 2.75) is 330 Å². The Morgan fingerprint density at radius 2 is 1.43 bits per heavy atom. The molecule has 3 N–H and O–H groups in total. The number of rotatable bonds is 21. The van der Waals surface area contributed by atoms with Crippen molar-refractivity contribution in [3.05, 3.63) is 81.5 Å². The van der Waals surface area contributed by atoms with Gasteiger partial charge in [0.25, 0.3) is 0 Å². The lowest BCUT2D eigenvalue weighted by molar-refractivity contribution is -0.318. The summed E-state index contributed by atoms with van der Waals surface area (Å²) in [5.41, 5.74) is 4.43. The smallest absolute Gasteiger partial charge is 0.316 e. The molecule has 1 aliphatic carbocycles. The maximum Gasteiger partial charge on any atom is 0.316 e. The average molecular weight is 1350 g/mol. The first-order valence-electron chi connectivity index (χ1n) is 36.8. The first kappa shape index (κ1) is 77.9. The molecule has 7 heterocycles. The van der Waals surface area contributed by atoms with Crippen molar-refractivity contribution in [1.82, 2.24) is 0 Å². The van der Waals surface area contributed by atoms with Gasteiger partial charge >= 0.3 is 11.9 Å². The van der Waals surface area contributed by atoms with E-state index in [1.807, 2.05) is 39.0 Å². The van der Waals surface area contributed by atoms with Crippen molar-refractivity contribution < 1.29 is 81.8 Å². The molecule has 0 amide bonds. The highest BCUT2D eigenvalue weighted by Crippen LogP contribution is 2.49. The maximum atomic E-state index is 14.3. The van der Waals surface area contributed by atoms with Crippen LogP contribution in [-0.4, -0.2) is 151 Å². The summed E-state index contributed by atoms with van der Waals surface area (Å²) in [6, 6.07) is 0. The molecule has 1 spiro atoms. The van der Waals surface area contributed by atoms with Crippen LogP contribution >= 0.6 is 0 Å². The number of fused-ring (bicyclic) bond motifs is 3. The summed E-state index contributed by atoms with van der Waals surface area (Å²) >= 11 is 0. The number of allylic oxidation sites excluding steroid dienone is 2. The number of esters is 2. The van der Waals surface area contributed by atoms with Crippen molar-refractivity contribution in [3.63, 3.8) is 0 Å². The zero-order valence-corrected chi connectivity index (χ0v) is 62.0. The van der Waals surface area contributed by atoms with Crippen LogP contribution in [0.15, 0.2) is 59.3 Å². The number of hydrogen-bond acceptors (Lipinski definition) is 17. The van der Waals surface area contributed by atoms with Crippen LogP contribution in [0.5, 0.6) is 11.5 Å². The van der Waals surface area contributed by atoms with Crippen LogP contribution < -0.4 is 9.47 Å². The van der Waals surface area contributed by atoms with E-state index in [4.69, 9.17) is 56.8 Å². The number of hydrogen-bond donors (Lipinski definition) is 3. The van der Waals surface area contributed by atoms with Gasteiger partial charge in [-0.2, -0.15) is 0 Å². The Hall–Kier alpha value is -3.82. The van der Waals surface area contributed by atoms with E-state index < -0.39 is 90.8 Å². The molecule has 1 aromatic rings. The second-order valence-corrected chi connectivity index (χ2v) is 31.0. The number of benzene rings is 1. The molecule has 4 unspecified atom stereocenters. The number of carbonyl (C=O) groups excluding carboxylic acids is 2. The molecule has 2 bridgehead atoms. The van der Waals surface area contributed by atoms with Crippen LogP contribution in [-0.2, 0) is 63.4 Å². The Morgan fingerprint density at radius 3 is 2.09 bits per heavy atom. The summed E-state index contributed by atoms with van der Waals surface area (Å²) in [5.74, 6) is 1.43. The fourth-order valence-electron chi connectivity index (χ4n) is 16.1. The van der Waals surface area contributed by atoms with Gasteiger partial charge in [-0.3, -0.25) is 9.59 Å². The molecule has 23 atom stereocenters. The molecule has 17 heteroatoms. The molecule has 1 aromatic carbocycles. The van der Waals surface area contributed by atoms with Gasteiger partial charge in [0.15, 0.2) is 18.4 Å². The first-order valence-corrected chi connectivity index (χ1v) is 36.8. The molecule has 8 aliphatic rings. The molecule has 542 valence electrons. The van der Waals surface area contributed by atoms with E-state index in [1.54, 1.807) is 40.2 Å². The molecule has 4 saturated heterocycles. The van der Waals surface area contributed by atoms with Crippen molar-refractivity contribution in [1.29, 1.82) is 0 Å². The summed E-state index contributed by atoms with van der Waals surface area (Å²) < 4.78 is 75.9. The van der Waals surface area contributed by atoms with E-state index in [2.05, 4.69) is 88.3 Å². The fourth-order valence-corrected chi connectivity index (χ4v) is 16.1. The van der Waals surface area contributed by atoms with Crippen LogP contribution in [0.25, 0.3) is 0 Å². The van der Waals surface area contributed by atoms with Gasteiger partial charge in [-0.15, -0.1) is 0 Å². The molecule has 0 radical (unpaired) electrons. The minimum Gasteiger partial charge on any atom is -0.487 e. The predicted octanol–water partition coefficient (Wildman–Crippen LogP) is 14.4. The Morgan fingerprint density at radius 1 is 0.771 bits per heavy atom. The number of aliphatic hydroxyl groups excluding tert-OH is 2. The molecule has 4 fully saturated rings. The lowest BCUT2D eigenvalue weighted by Crippen LogP contribution is -2.58. The second-order valence-electron chi connectivity index (χ2n) is 31.0. The van der Waals surface area contributed by atoms with Crippen molar-refractivity contribution in [2.75, 3.05) is 20.8 Å². The Kier molecular flexibility index (Phi) is 27.8. The minimum atomic E-state index is -1.84. The molecular weight excluding hydrogens is 1220 g/mol. The van der Waals surface area contributed by atoms with Gasteiger partial charge < -0.3 is 72.2 Å². The van der Waals surface area contributed by atoms with Crippen LogP contribution in [0.4, 0.5) is 0 Å². The van der Waals surface area contributed by atoms with Crippen molar-refractivity contribution in [2.24, 2.45) is 41.4 Å². The standard InChI is InChI=1S/C48H72O14.C31H52O3/c1-11-25(2)43-28(5)17-18-47(62-43)23-34-20-33(61-47)16-15-27(4)42(26(3)13-12-14-32-24-55-45-40(49)29(6)19-35(46(51)58-34)48(32,45)52)59-39-22-37(54-10)44(31(8)57-39)60-38-21-36(53-9)41(50)30(7)56-38;1-21(2)13-10-14-22(3)15-11-16-23(4)17-12-19-31(9)20-18-28-26(7)29(33-27(8)32)24(5)25(6)30(28)34-31/h12-15,17-19,25-26,28,30-31,33-45,49-50,52H,11,16,20-24H2,1-10H3;21-23H,10-20H2,1-9H3/b13-12+,27-15+,32-14+;/t25?,26-,28-,30-,31-,33+,34-,35-,36-,37-,38-,39-,40+,41-,42-,43+,44-,45+,47+,48+;/m0./s1. The second kappa shape index (κ2) is 34.2. The number of ether oxygens (including phenoxy) is 12. The molecule has 9 rings (SSSR count). The highest BCUT2D eigenvalue weighted by molar-refractivity contribution is 5.78. The lowest BCUT2D eigenvalue weighted by Gasteiger charge is -2.48. The third kappa shape index (κ3) is 18.8. The van der Waals surface area contributed by atoms with E-state index >= 15 is 0 Å². The summed E-state index contributed by atoms with van der Waals surface area (Å²) in [5, 5.41) is 34.2. The Bertz CT molecular complexity index is 2900. The maximum absolute atomic E-state index is 14.3. The first-order chi connectivity index (χ1) is 45.4. The zero-order chi connectivity index (χ0) is 70.1. The monoisotopic (exact) mass is 1340 g/mol. The number of aliphatic hydroxyl groups is 3. The highest BCUT2D eigenvalue weighted by Gasteiger charge is 2.60. The molecule has 0 saturated carbocycles. The summed E-state index contributed by atoms with van der Waals surface area (Å²) in [6.07, 6.45) is 22.4.